The van der Waals surface area contributed by atoms with Gasteiger partial charge < -0.3 is 10.2 Å². The number of nitrogens with zero attached hydrogens (tertiary/aromatic N) is 2. The molecule has 0 fully saturated rings. The van der Waals surface area contributed by atoms with E-state index in [0.717, 1.165) is 15.4 Å². The first-order valence-electron chi connectivity index (χ1n) is 12.9. The molecule has 9 heteroatoms. The van der Waals surface area contributed by atoms with Gasteiger partial charge in [-0.25, -0.2) is 8.42 Å². The lowest BCUT2D eigenvalue weighted by atomic mass is 10.1. The molecule has 3 rings (SSSR count). The highest BCUT2D eigenvalue weighted by molar-refractivity contribution is 7.92. The molecule has 0 unspecified atom stereocenters. The van der Waals surface area contributed by atoms with Crippen LogP contribution in [0, 0.1) is 19.8 Å². The number of carbonyl (C=O) groups excluding carboxylic acids is 2. The molecule has 0 heterocycles. The van der Waals surface area contributed by atoms with E-state index >= 15 is 0 Å². The molecule has 2 amide bonds. The normalized spacial score (nSPS) is 12.2. The Morgan fingerprint density at radius 2 is 1.59 bits per heavy atom. The first kappa shape index (κ1) is 30.2. The minimum absolute atomic E-state index is 0.0101. The first-order chi connectivity index (χ1) is 18.4. The summed E-state index contributed by atoms with van der Waals surface area (Å²) in [5.74, 6) is -0.555. The number of benzene rings is 3. The largest absolute Gasteiger partial charge is 0.354 e. The Bertz CT molecular complexity index is 1410. The summed E-state index contributed by atoms with van der Waals surface area (Å²) in [6.07, 6.45) is 0. The molecule has 208 valence electrons. The monoisotopic (exact) mass is 569 g/mol. The van der Waals surface area contributed by atoms with Gasteiger partial charge in [0.15, 0.2) is 0 Å². The van der Waals surface area contributed by atoms with E-state index in [4.69, 9.17) is 11.6 Å². The van der Waals surface area contributed by atoms with Gasteiger partial charge in [0.1, 0.15) is 12.6 Å². The van der Waals surface area contributed by atoms with Gasteiger partial charge in [0.05, 0.1) is 10.6 Å². The van der Waals surface area contributed by atoms with Crippen LogP contribution >= 0.6 is 11.6 Å². The highest BCUT2D eigenvalue weighted by Crippen LogP contribution is 2.28. The molecule has 3 aromatic carbocycles. The van der Waals surface area contributed by atoms with Gasteiger partial charge in [-0.3, -0.25) is 13.9 Å². The molecule has 0 aliphatic heterocycles. The quantitative estimate of drug-likeness (QED) is 0.338. The topological polar surface area (TPSA) is 86.8 Å². The van der Waals surface area contributed by atoms with E-state index in [1.54, 1.807) is 38.1 Å². The Hall–Kier alpha value is -3.36. The second-order valence-corrected chi connectivity index (χ2v) is 12.4. The smallest absolute Gasteiger partial charge is 0.264 e. The van der Waals surface area contributed by atoms with E-state index in [1.807, 2.05) is 45.0 Å². The molecule has 39 heavy (non-hydrogen) atoms. The van der Waals surface area contributed by atoms with Crippen LogP contribution in [0.5, 0.6) is 0 Å². The summed E-state index contributed by atoms with van der Waals surface area (Å²) in [4.78, 5) is 28.5. The molecule has 0 aliphatic rings. The summed E-state index contributed by atoms with van der Waals surface area (Å²) in [6, 6.07) is 19.7. The van der Waals surface area contributed by atoms with Crippen molar-refractivity contribution in [3.8, 4) is 0 Å². The Morgan fingerprint density at radius 3 is 2.21 bits per heavy atom. The van der Waals surface area contributed by atoms with Crippen LogP contribution in [0.15, 0.2) is 77.7 Å². The molecule has 0 saturated heterocycles. The Labute approximate surface area is 236 Å². The van der Waals surface area contributed by atoms with Crippen molar-refractivity contribution in [2.24, 2.45) is 5.92 Å². The highest BCUT2D eigenvalue weighted by Gasteiger charge is 2.33. The van der Waals surface area contributed by atoms with E-state index in [2.05, 4.69) is 5.32 Å². The van der Waals surface area contributed by atoms with Gasteiger partial charge >= 0.3 is 0 Å². The lowest BCUT2D eigenvalue weighted by molar-refractivity contribution is -0.139. The summed E-state index contributed by atoms with van der Waals surface area (Å²) >= 11 is 6.00. The van der Waals surface area contributed by atoms with Crippen LogP contribution in [0.2, 0.25) is 5.02 Å². The highest BCUT2D eigenvalue weighted by atomic mass is 35.5. The molecule has 1 atom stereocenters. The standard InChI is InChI=1S/C30H36ClN3O4S/c1-21(2)18-32-30(36)24(5)33(19-25-11-8-9-22(3)17-25)29(35)20-34(28-12-7-6-10-23(28)4)39(37,38)27-15-13-26(31)14-16-27/h6-17,21,24H,18-20H2,1-5H3,(H,32,36)/t24-/m0/s1. The van der Waals surface area contributed by atoms with Crippen molar-refractivity contribution in [2.75, 3.05) is 17.4 Å². The number of nitrogens with one attached hydrogen (secondary N) is 1. The summed E-state index contributed by atoms with van der Waals surface area (Å²) in [5, 5.41) is 3.29. The number of anilines is 1. The van der Waals surface area contributed by atoms with Crippen molar-refractivity contribution in [3.63, 3.8) is 0 Å². The van der Waals surface area contributed by atoms with Crippen molar-refractivity contribution >= 4 is 39.1 Å². The zero-order valence-corrected chi connectivity index (χ0v) is 24.6. The van der Waals surface area contributed by atoms with Crippen LogP contribution in [-0.2, 0) is 26.2 Å². The van der Waals surface area contributed by atoms with E-state index in [0.29, 0.717) is 22.8 Å². The molecule has 1 N–H and O–H groups in total. The van der Waals surface area contributed by atoms with Crippen LogP contribution in [-0.4, -0.2) is 44.3 Å². The van der Waals surface area contributed by atoms with Crippen molar-refractivity contribution < 1.29 is 18.0 Å². The Balaban J connectivity index is 2.02. The van der Waals surface area contributed by atoms with E-state index in [9.17, 15) is 18.0 Å². The van der Waals surface area contributed by atoms with Gasteiger partial charge in [-0.2, -0.15) is 0 Å². The van der Waals surface area contributed by atoms with Crippen molar-refractivity contribution in [3.05, 3.63) is 94.5 Å². The molecule has 0 aromatic heterocycles. The number of sulfonamides is 1. The van der Waals surface area contributed by atoms with Crippen LogP contribution < -0.4 is 9.62 Å². The van der Waals surface area contributed by atoms with Gasteiger partial charge in [-0.05, 0) is 68.1 Å². The second kappa shape index (κ2) is 13.1. The molecule has 3 aromatic rings. The summed E-state index contributed by atoms with van der Waals surface area (Å²) in [5.41, 5.74) is 2.93. The predicted octanol–water partition coefficient (Wildman–Crippen LogP) is 5.34. The zero-order valence-electron chi connectivity index (χ0n) is 23.0. The maximum atomic E-state index is 14.0. The number of amides is 2. The molecule has 0 bridgehead atoms. The molecule has 0 radical (unpaired) electrons. The van der Waals surface area contributed by atoms with Crippen molar-refractivity contribution in [2.45, 2.75) is 52.1 Å². The summed E-state index contributed by atoms with van der Waals surface area (Å²) < 4.78 is 28.8. The molecule has 0 aliphatic carbocycles. The SMILES string of the molecule is Cc1cccc(CN(C(=O)CN(c2ccccc2C)S(=O)(=O)c2ccc(Cl)cc2)[C@@H](C)C(=O)NCC(C)C)c1. The number of halogens is 1. The zero-order chi connectivity index (χ0) is 28.7. The third-order valence-electron chi connectivity index (χ3n) is 6.35. The van der Waals surface area contributed by atoms with Crippen molar-refractivity contribution in [1.29, 1.82) is 0 Å². The van der Waals surface area contributed by atoms with Gasteiger partial charge in [0, 0.05) is 18.1 Å². The average molecular weight is 570 g/mol. The van der Waals surface area contributed by atoms with Gasteiger partial charge in [-0.1, -0.05) is 73.5 Å². The lowest BCUT2D eigenvalue weighted by Gasteiger charge is -2.32. The van der Waals surface area contributed by atoms with Crippen LogP contribution in [0.25, 0.3) is 0 Å². The van der Waals surface area contributed by atoms with Gasteiger partial charge in [0.25, 0.3) is 10.0 Å². The molecular weight excluding hydrogens is 534 g/mol. The third-order valence-corrected chi connectivity index (χ3v) is 8.38. The van der Waals surface area contributed by atoms with Gasteiger partial charge in [0.2, 0.25) is 11.8 Å². The van der Waals surface area contributed by atoms with E-state index < -0.39 is 28.5 Å². The summed E-state index contributed by atoms with van der Waals surface area (Å²) in [6.45, 7) is 9.52. The summed E-state index contributed by atoms with van der Waals surface area (Å²) in [7, 11) is -4.14. The van der Waals surface area contributed by atoms with Gasteiger partial charge in [-0.15, -0.1) is 0 Å². The number of carbonyl (C=O) groups is 2. The first-order valence-corrected chi connectivity index (χ1v) is 14.7. The van der Waals surface area contributed by atoms with E-state index in [-0.39, 0.29) is 23.3 Å². The number of para-hydroxylation sites is 1. The Morgan fingerprint density at radius 1 is 0.923 bits per heavy atom. The number of rotatable bonds is 11. The second-order valence-electron chi connectivity index (χ2n) is 10.1. The molecule has 7 nitrogen and oxygen atoms in total. The maximum Gasteiger partial charge on any atom is 0.264 e. The lowest BCUT2D eigenvalue weighted by Crippen LogP contribution is -2.51. The fourth-order valence-electron chi connectivity index (χ4n) is 4.13. The van der Waals surface area contributed by atoms with E-state index in [1.165, 1.54) is 29.2 Å². The fraction of sp³-hybridized carbons (Fsp3) is 0.333. The Kier molecular flexibility index (Phi) is 10.2. The third kappa shape index (κ3) is 7.83. The van der Waals surface area contributed by atoms with Crippen LogP contribution in [0.1, 0.15) is 37.5 Å². The number of hydrogen-bond donors (Lipinski definition) is 1. The number of aryl methyl sites for hydroxylation is 2. The minimum Gasteiger partial charge on any atom is -0.354 e. The molecule has 0 saturated carbocycles. The molecule has 0 spiro atoms. The predicted molar refractivity (Wildman–Crippen MR) is 156 cm³/mol. The number of hydrogen-bond acceptors (Lipinski definition) is 4. The minimum atomic E-state index is -4.14. The van der Waals surface area contributed by atoms with Crippen LogP contribution in [0.4, 0.5) is 5.69 Å². The van der Waals surface area contributed by atoms with Crippen molar-refractivity contribution in [1.82, 2.24) is 10.2 Å². The molecular formula is C30H36ClN3O4S. The van der Waals surface area contributed by atoms with Crippen LogP contribution in [0.3, 0.4) is 0 Å². The fourth-order valence-corrected chi connectivity index (χ4v) is 5.74. The maximum absolute atomic E-state index is 14.0. The average Bonchev–Trinajstić information content (AvgIpc) is 2.89.